The Morgan fingerprint density at radius 2 is 1.96 bits per heavy atom. The van der Waals surface area contributed by atoms with Crippen molar-refractivity contribution in [2.75, 3.05) is 12.3 Å². The lowest BCUT2D eigenvalue weighted by Crippen LogP contribution is -2.32. The molecule has 5 nitrogen and oxygen atoms in total. The van der Waals surface area contributed by atoms with Gasteiger partial charge in [-0.25, -0.2) is 4.79 Å². The van der Waals surface area contributed by atoms with Gasteiger partial charge in [0.25, 0.3) is 0 Å². The molecule has 0 aliphatic rings. The molecule has 0 aliphatic carbocycles. The van der Waals surface area contributed by atoms with E-state index >= 15 is 0 Å². The van der Waals surface area contributed by atoms with Crippen LogP contribution >= 0.6 is 0 Å². The van der Waals surface area contributed by atoms with Crippen molar-refractivity contribution in [2.45, 2.75) is 32.7 Å². The molecule has 23 heavy (non-hydrogen) atoms. The van der Waals surface area contributed by atoms with Crippen LogP contribution in [0.5, 0.6) is 5.75 Å². The maximum absolute atomic E-state index is 12.2. The summed E-state index contributed by atoms with van der Waals surface area (Å²) in [5, 5.41) is 2.49. The summed E-state index contributed by atoms with van der Waals surface area (Å²) in [6.07, 6.45) is -2.30. The van der Waals surface area contributed by atoms with Gasteiger partial charge in [-0.2, -0.15) is 0 Å². The number of hydrogen-bond donors (Lipinski definition) is 2. The topological polar surface area (TPSA) is 73.6 Å². The number of rotatable bonds is 4. The Morgan fingerprint density at radius 3 is 2.52 bits per heavy atom. The van der Waals surface area contributed by atoms with E-state index in [1.807, 2.05) is 0 Å². The molecule has 0 aliphatic heterocycles. The highest BCUT2D eigenvalue weighted by molar-refractivity contribution is 5.68. The third-order valence-electron chi connectivity index (χ3n) is 2.34. The van der Waals surface area contributed by atoms with Crippen LogP contribution in [0.4, 0.5) is 23.7 Å². The molecule has 0 atom stereocenters. The number of anilines is 1. The van der Waals surface area contributed by atoms with E-state index in [9.17, 15) is 18.0 Å². The van der Waals surface area contributed by atoms with Gasteiger partial charge in [0.15, 0.2) is 5.75 Å². The summed E-state index contributed by atoms with van der Waals surface area (Å²) in [6, 6.07) is 4.00. The number of alkyl carbamates (subject to hydrolysis) is 1. The zero-order valence-electron chi connectivity index (χ0n) is 13.0. The van der Waals surface area contributed by atoms with Gasteiger partial charge in [0.1, 0.15) is 5.60 Å². The second-order valence-electron chi connectivity index (χ2n) is 5.63. The first kappa shape index (κ1) is 18.7. The van der Waals surface area contributed by atoms with E-state index in [1.165, 1.54) is 18.2 Å². The highest BCUT2D eigenvalue weighted by Gasteiger charge is 2.31. The van der Waals surface area contributed by atoms with Gasteiger partial charge in [0, 0.05) is 6.54 Å². The number of nitrogens with two attached hydrogens (primary N) is 1. The van der Waals surface area contributed by atoms with Crippen LogP contribution in [-0.4, -0.2) is 24.6 Å². The van der Waals surface area contributed by atoms with Crippen molar-refractivity contribution in [1.82, 2.24) is 5.32 Å². The average molecular weight is 332 g/mol. The van der Waals surface area contributed by atoms with Gasteiger partial charge in [-0.15, -0.1) is 13.2 Å². The normalized spacial score (nSPS) is 12.3. The number of hydrogen-bond acceptors (Lipinski definition) is 4. The Morgan fingerprint density at radius 1 is 1.30 bits per heavy atom. The first-order valence-electron chi connectivity index (χ1n) is 6.75. The van der Waals surface area contributed by atoms with Crippen LogP contribution < -0.4 is 15.8 Å². The summed E-state index contributed by atoms with van der Waals surface area (Å²) in [5.41, 5.74) is 5.15. The van der Waals surface area contributed by atoms with Crippen LogP contribution in [0.1, 0.15) is 26.3 Å². The number of carbonyl (C=O) groups is 1. The minimum Gasteiger partial charge on any atom is -0.444 e. The summed E-state index contributed by atoms with van der Waals surface area (Å²) in [7, 11) is 0. The Kier molecular flexibility index (Phi) is 5.89. The Hall–Kier alpha value is -2.38. The summed E-state index contributed by atoms with van der Waals surface area (Å²) in [5.74, 6) is -0.472. The van der Waals surface area contributed by atoms with Crippen LogP contribution in [0, 0.1) is 0 Å². The smallest absolute Gasteiger partial charge is 0.444 e. The second kappa shape index (κ2) is 7.26. The minimum atomic E-state index is -4.81. The number of nitrogen functional groups attached to an aromatic ring is 1. The fourth-order valence-corrected chi connectivity index (χ4v) is 1.52. The molecule has 0 aromatic heterocycles. The molecule has 1 aromatic rings. The Labute approximate surface area is 132 Å². The molecule has 3 N–H and O–H groups in total. The number of benzene rings is 1. The number of nitrogens with one attached hydrogen (secondary N) is 1. The number of amides is 1. The lowest BCUT2D eigenvalue weighted by Gasteiger charge is -2.19. The fourth-order valence-electron chi connectivity index (χ4n) is 1.52. The molecule has 1 aromatic carbocycles. The van der Waals surface area contributed by atoms with Crippen molar-refractivity contribution in [1.29, 1.82) is 0 Å². The standard InChI is InChI=1S/C15H19F3N2O3/c1-14(2,3)23-13(21)20-8-4-5-10-6-7-11(19)12(9-10)22-15(16,17)18/h4-7,9H,8,19H2,1-3H3,(H,20,21). The molecule has 0 unspecified atom stereocenters. The molecule has 1 rings (SSSR count). The molecular formula is C15H19F3N2O3. The van der Waals surface area contributed by atoms with Crippen molar-refractivity contribution < 1.29 is 27.4 Å². The quantitative estimate of drug-likeness (QED) is 0.825. The average Bonchev–Trinajstić information content (AvgIpc) is 2.34. The van der Waals surface area contributed by atoms with Crippen LogP contribution in [0.3, 0.4) is 0 Å². The highest BCUT2D eigenvalue weighted by Crippen LogP contribution is 2.29. The molecular weight excluding hydrogens is 313 g/mol. The van der Waals surface area contributed by atoms with Crippen LogP contribution in [-0.2, 0) is 4.74 Å². The molecule has 8 heteroatoms. The lowest BCUT2D eigenvalue weighted by atomic mass is 10.2. The predicted octanol–water partition coefficient (Wildman–Crippen LogP) is 3.71. The summed E-state index contributed by atoms with van der Waals surface area (Å²) in [4.78, 5) is 11.4. The monoisotopic (exact) mass is 332 g/mol. The van der Waals surface area contributed by atoms with Crippen molar-refractivity contribution in [2.24, 2.45) is 0 Å². The molecule has 128 valence electrons. The van der Waals surface area contributed by atoms with E-state index in [2.05, 4.69) is 10.1 Å². The molecule has 0 saturated carbocycles. The minimum absolute atomic E-state index is 0.119. The zero-order chi connectivity index (χ0) is 17.7. The lowest BCUT2D eigenvalue weighted by molar-refractivity contribution is -0.274. The third-order valence-corrected chi connectivity index (χ3v) is 2.34. The van der Waals surface area contributed by atoms with E-state index in [0.29, 0.717) is 5.56 Å². The van der Waals surface area contributed by atoms with Gasteiger partial charge in [0.2, 0.25) is 0 Å². The Bertz CT molecular complexity index is 578. The molecule has 0 heterocycles. The van der Waals surface area contributed by atoms with Crippen molar-refractivity contribution in [3.05, 3.63) is 29.8 Å². The van der Waals surface area contributed by atoms with Gasteiger partial charge in [-0.3, -0.25) is 0 Å². The van der Waals surface area contributed by atoms with Gasteiger partial charge in [-0.1, -0.05) is 18.2 Å². The first-order chi connectivity index (χ1) is 10.5. The number of alkyl halides is 3. The first-order valence-corrected chi connectivity index (χ1v) is 6.75. The van der Waals surface area contributed by atoms with Gasteiger partial charge in [0.05, 0.1) is 5.69 Å². The van der Waals surface area contributed by atoms with Crippen molar-refractivity contribution in [3.63, 3.8) is 0 Å². The van der Waals surface area contributed by atoms with Crippen molar-refractivity contribution >= 4 is 17.9 Å². The number of carbonyl (C=O) groups excluding carboxylic acids is 1. The summed E-state index contributed by atoms with van der Waals surface area (Å²) >= 11 is 0. The second-order valence-corrected chi connectivity index (χ2v) is 5.63. The highest BCUT2D eigenvalue weighted by atomic mass is 19.4. The largest absolute Gasteiger partial charge is 0.573 e. The summed E-state index contributed by atoms with van der Waals surface area (Å²) in [6.45, 7) is 5.37. The SMILES string of the molecule is CC(C)(C)OC(=O)NCC=Cc1ccc(N)c(OC(F)(F)F)c1. The number of ether oxygens (including phenoxy) is 2. The molecule has 1 amide bonds. The molecule has 0 saturated heterocycles. The predicted molar refractivity (Wildman–Crippen MR) is 80.8 cm³/mol. The molecule has 0 bridgehead atoms. The number of halogens is 3. The third kappa shape index (κ3) is 7.98. The fraction of sp³-hybridized carbons (Fsp3) is 0.400. The van der Waals surface area contributed by atoms with E-state index in [-0.39, 0.29) is 12.2 Å². The van der Waals surface area contributed by atoms with E-state index in [4.69, 9.17) is 10.5 Å². The van der Waals surface area contributed by atoms with Crippen LogP contribution in [0.25, 0.3) is 6.08 Å². The van der Waals surface area contributed by atoms with Crippen LogP contribution in [0.2, 0.25) is 0 Å². The van der Waals surface area contributed by atoms with E-state index in [1.54, 1.807) is 26.8 Å². The summed E-state index contributed by atoms with van der Waals surface area (Å²) < 4.78 is 45.5. The molecule has 0 fully saturated rings. The maximum atomic E-state index is 12.2. The maximum Gasteiger partial charge on any atom is 0.573 e. The van der Waals surface area contributed by atoms with E-state index in [0.717, 1.165) is 6.07 Å². The zero-order valence-corrected chi connectivity index (χ0v) is 13.0. The molecule has 0 radical (unpaired) electrons. The van der Waals surface area contributed by atoms with Gasteiger partial charge in [-0.05, 0) is 38.5 Å². The Balaban J connectivity index is 2.60. The van der Waals surface area contributed by atoms with Gasteiger partial charge >= 0.3 is 12.5 Å². The van der Waals surface area contributed by atoms with E-state index < -0.39 is 23.8 Å². The van der Waals surface area contributed by atoms with Gasteiger partial charge < -0.3 is 20.5 Å². The van der Waals surface area contributed by atoms with Crippen LogP contribution in [0.15, 0.2) is 24.3 Å². The van der Waals surface area contributed by atoms with Crippen molar-refractivity contribution in [3.8, 4) is 5.75 Å². The molecule has 0 spiro atoms.